The lowest BCUT2D eigenvalue weighted by Gasteiger charge is -2.12. The van der Waals surface area contributed by atoms with E-state index in [0.717, 1.165) is 18.4 Å². The van der Waals surface area contributed by atoms with E-state index in [1.807, 2.05) is 32.0 Å². The summed E-state index contributed by atoms with van der Waals surface area (Å²) in [5.74, 6) is 0.105. The first-order valence-electron chi connectivity index (χ1n) is 7.53. The number of benzene rings is 1. The Morgan fingerprint density at radius 1 is 1.22 bits per heavy atom. The van der Waals surface area contributed by atoms with Crippen LogP contribution in [0.25, 0.3) is 6.08 Å². The van der Waals surface area contributed by atoms with Crippen LogP contribution in [0.3, 0.4) is 0 Å². The highest BCUT2D eigenvalue weighted by molar-refractivity contribution is 5.91. The van der Waals surface area contributed by atoms with Gasteiger partial charge in [0.15, 0.2) is 11.5 Å². The van der Waals surface area contributed by atoms with Gasteiger partial charge in [0.2, 0.25) is 0 Å². The van der Waals surface area contributed by atoms with Crippen molar-refractivity contribution in [2.45, 2.75) is 26.7 Å². The molecule has 1 rings (SSSR count). The van der Waals surface area contributed by atoms with Crippen LogP contribution >= 0.6 is 0 Å². The number of carboxylic acid groups (broad SMARTS) is 1. The molecule has 0 unspecified atom stereocenters. The van der Waals surface area contributed by atoms with E-state index < -0.39 is 5.97 Å². The molecule has 5 nitrogen and oxygen atoms in total. The number of rotatable bonds is 9. The fraction of sp³-hybridized carbons (Fsp3) is 0.333. The average molecular weight is 315 g/mol. The molecule has 0 bridgehead atoms. The van der Waals surface area contributed by atoms with Crippen LogP contribution in [-0.4, -0.2) is 24.3 Å². The zero-order chi connectivity index (χ0) is 17.1. The summed E-state index contributed by atoms with van der Waals surface area (Å²) in [5, 5.41) is 17.5. The first-order chi connectivity index (χ1) is 11.1. The van der Waals surface area contributed by atoms with Gasteiger partial charge >= 0.3 is 5.97 Å². The van der Waals surface area contributed by atoms with E-state index in [1.54, 1.807) is 12.1 Å². The van der Waals surface area contributed by atoms with Crippen molar-refractivity contribution >= 4 is 12.0 Å². The Kier molecular flexibility index (Phi) is 8.01. The second kappa shape index (κ2) is 10.1. The van der Waals surface area contributed by atoms with Gasteiger partial charge in [-0.2, -0.15) is 5.26 Å². The third kappa shape index (κ3) is 6.27. The second-order valence-electron chi connectivity index (χ2n) is 4.76. The molecule has 5 heteroatoms. The number of hydrogen-bond donors (Lipinski definition) is 1. The molecule has 1 aromatic rings. The molecule has 0 saturated heterocycles. The van der Waals surface area contributed by atoms with Crippen LogP contribution in [0.15, 0.2) is 35.9 Å². The quantitative estimate of drug-likeness (QED) is 0.426. The van der Waals surface area contributed by atoms with Crippen LogP contribution in [0.2, 0.25) is 0 Å². The molecule has 0 saturated carbocycles. The van der Waals surface area contributed by atoms with Gasteiger partial charge in [-0.05, 0) is 36.6 Å². The van der Waals surface area contributed by atoms with Crippen molar-refractivity contribution in [3.05, 3.63) is 41.5 Å². The zero-order valence-corrected chi connectivity index (χ0v) is 13.4. The summed E-state index contributed by atoms with van der Waals surface area (Å²) < 4.78 is 11.3. The Balaban J connectivity index is 2.95. The van der Waals surface area contributed by atoms with Crippen LogP contribution in [0.5, 0.6) is 11.5 Å². The van der Waals surface area contributed by atoms with Gasteiger partial charge in [-0.1, -0.05) is 32.1 Å². The molecule has 0 fully saturated rings. The molecule has 0 aliphatic carbocycles. The summed E-state index contributed by atoms with van der Waals surface area (Å²) in [7, 11) is 0. The maximum Gasteiger partial charge on any atom is 0.346 e. The lowest BCUT2D eigenvalue weighted by atomic mass is 10.1. The Hall–Kier alpha value is -2.74. The van der Waals surface area contributed by atoms with Crippen LogP contribution in [0, 0.1) is 11.3 Å². The molecule has 1 N–H and O–H groups in total. The van der Waals surface area contributed by atoms with Crippen molar-refractivity contribution in [2.24, 2.45) is 0 Å². The van der Waals surface area contributed by atoms with Crippen molar-refractivity contribution in [3.63, 3.8) is 0 Å². The summed E-state index contributed by atoms with van der Waals surface area (Å²) in [6.45, 7) is 5.26. The third-order valence-electron chi connectivity index (χ3n) is 2.79. The number of nitrogens with zero attached hydrogens (tertiary/aromatic N) is 1. The molecule has 23 heavy (non-hydrogen) atoms. The number of carboxylic acids is 1. The van der Waals surface area contributed by atoms with Gasteiger partial charge in [-0.25, -0.2) is 4.79 Å². The highest BCUT2D eigenvalue weighted by Crippen LogP contribution is 2.29. The predicted octanol–water partition coefficient (Wildman–Crippen LogP) is 3.81. The zero-order valence-electron chi connectivity index (χ0n) is 13.4. The van der Waals surface area contributed by atoms with E-state index in [4.69, 9.17) is 19.8 Å². The van der Waals surface area contributed by atoms with Gasteiger partial charge in [-0.15, -0.1) is 0 Å². The lowest BCUT2D eigenvalue weighted by Crippen LogP contribution is -2.01. The summed E-state index contributed by atoms with van der Waals surface area (Å²) in [6.07, 6.45) is 6.29. The number of ether oxygens (including phenoxy) is 2. The van der Waals surface area contributed by atoms with Gasteiger partial charge in [0.05, 0.1) is 13.2 Å². The van der Waals surface area contributed by atoms with E-state index in [2.05, 4.69) is 0 Å². The van der Waals surface area contributed by atoms with Crippen LogP contribution in [0.4, 0.5) is 0 Å². The normalized spacial score (nSPS) is 11.3. The van der Waals surface area contributed by atoms with Gasteiger partial charge in [0, 0.05) is 0 Å². The minimum Gasteiger partial charge on any atom is -0.490 e. The summed E-state index contributed by atoms with van der Waals surface area (Å²) in [6, 6.07) is 7.13. The molecule has 0 amide bonds. The lowest BCUT2D eigenvalue weighted by molar-refractivity contribution is -0.132. The third-order valence-corrected chi connectivity index (χ3v) is 2.79. The predicted molar refractivity (Wildman–Crippen MR) is 88.4 cm³/mol. The smallest absolute Gasteiger partial charge is 0.346 e. The highest BCUT2D eigenvalue weighted by Gasteiger charge is 2.06. The first-order valence-corrected chi connectivity index (χ1v) is 7.53. The van der Waals surface area contributed by atoms with Crippen LogP contribution < -0.4 is 9.47 Å². The number of hydrogen-bond acceptors (Lipinski definition) is 4. The Morgan fingerprint density at radius 2 is 1.87 bits per heavy atom. The topological polar surface area (TPSA) is 79.5 Å². The molecule has 1 aromatic carbocycles. The molecule has 0 aliphatic rings. The van der Waals surface area contributed by atoms with Crippen molar-refractivity contribution in [3.8, 4) is 17.6 Å². The fourth-order valence-corrected chi connectivity index (χ4v) is 1.70. The number of carbonyl (C=O) groups is 1. The molecular formula is C18H21NO4. The van der Waals surface area contributed by atoms with Gasteiger partial charge in [-0.3, -0.25) is 0 Å². The van der Waals surface area contributed by atoms with E-state index in [-0.39, 0.29) is 5.57 Å². The molecular weight excluding hydrogens is 294 g/mol. The number of nitriles is 1. The largest absolute Gasteiger partial charge is 0.490 e. The van der Waals surface area contributed by atoms with Gasteiger partial charge < -0.3 is 14.6 Å². The van der Waals surface area contributed by atoms with E-state index in [9.17, 15) is 4.79 Å². The highest BCUT2D eigenvalue weighted by atomic mass is 16.5. The van der Waals surface area contributed by atoms with Crippen molar-refractivity contribution in [1.82, 2.24) is 0 Å². The standard InChI is InChI=1S/C18H21NO4/c1-3-10-22-16-9-8-14(12-17(16)23-11-4-2)6-5-7-15(13-19)18(20)21/h5-9,12H,3-4,10-11H2,1-2H3,(H,20,21)/b6-5+,15-7+. The van der Waals surface area contributed by atoms with Crippen LogP contribution in [0.1, 0.15) is 32.3 Å². The van der Waals surface area contributed by atoms with Crippen LogP contribution in [-0.2, 0) is 4.79 Å². The average Bonchev–Trinajstić information content (AvgIpc) is 2.55. The Labute approximate surface area is 136 Å². The fourth-order valence-electron chi connectivity index (χ4n) is 1.70. The summed E-state index contributed by atoms with van der Waals surface area (Å²) in [4.78, 5) is 10.7. The molecule has 0 aliphatic heterocycles. The molecule has 0 aromatic heterocycles. The minimum atomic E-state index is -1.24. The monoisotopic (exact) mass is 315 g/mol. The first kappa shape index (κ1) is 18.3. The molecule has 0 spiro atoms. The van der Waals surface area contributed by atoms with Crippen molar-refractivity contribution < 1.29 is 19.4 Å². The maximum absolute atomic E-state index is 10.7. The SMILES string of the molecule is CCCOc1ccc(/C=C/C=C(\C#N)C(=O)O)cc1OCCC. The number of allylic oxidation sites excluding steroid dienone is 2. The summed E-state index contributed by atoms with van der Waals surface area (Å²) in [5.41, 5.74) is 0.519. The molecule has 0 heterocycles. The summed E-state index contributed by atoms with van der Waals surface area (Å²) >= 11 is 0. The van der Waals surface area contributed by atoms with Gasteiger partial charge in [0.25, 0.3) is 0 Å². The molecule has 0 atom stereocenters. The molecule has 0 radical (unpaired) electrons. The van der Waals surface area contributed by atoms with Crippen molar-refractivity contribution in [1.29, 1.82) is 5.26 Å². The van der Waals surface area contributed by atoms with E-state index >= 15 is 0 Å². The minimum absolute atomic E-state index is 0.313. The second-order valence-corrected chi connectivity index (χ2v) is 4.76. The Morgan fingerprint density at radius 3 is 2.43 bits per heavy atom. The van der Waals surface area contributed by atoms with E-state index in [1.165, 1.54) is 12.2 Å². The molecule has 122 valence electrons. The number of aliphatic carboxylic acids is 1. The van der Waals surface area contributed by atoms with Crippen molar-refractivity contribution in [2.75, 3.05) is 13.2 Å². The Bertz CT molecular complexity index is 626. The maximum atomic E-state index is 10.7. The van der Waals surface area contributed by atoms with E-state index in [0.29, 0.717) is 24.7 Å². The van der Waals surface area contributed by atoms with Gasteiger partial charge in [0.1, 0.15) is 11.6 Å².